The molecule has 2 atom stereocenters. The molecule has 30 heavy (non-hydrogen) atoms. The average Bonchev–Trinajstić information content (AvgIpc) is 2.61. The topological polar surface area (TPSA) is 73.9 Å². The third-order valence-electron chi connectivity index (χ3n) is 4.96. The first kappa shape index (κ1) is 25.2. The van der Waals surface area contributed by atoms with Gasteiger partial charge in [0.15, 0.2) is 5.56 Å². The molecule has 1 aromatic carbocycles. The lowest BCUT2D eigenvalue weighted by Gasteiger charge is -2.45. The van der Waals surface area contributed by atoms with Crippen LogP contribution in [-0.2, 0) is 30.5 Å². The molecule has 0 radical (unpaired) electrons. The Hall–Kier alpha value is -1.06. The largest absolute Gasteiger partial charge is 0.462 e. The fourth-order valence-electron chi connectivity index (χ4n) is 2.96. The summed E-state index contributed by atoms with van der Waals surface area (Å²) in [4.78, 5) is 11.9. The van der Waals surface area contributed by atoms with Gasteiger partial charge in [-0.2, -0.15) is 0 Å². The molecule has 2 rings (SSSR count). The number of benzene rings is 1. The highest BCUT2D eigenvalue weighted by molar-refractivity contribution is 7.86. The zero-order chi connectivity index (χ0) is 22.6. The summed E-state index contributed by atoms with van der Waals surface area (Å²) in [5, 5.41) is 3.50. The molecule has 0 amide bonds. The van der Waals surface area contributed by atoms with Crippen molar-refractivity contribution < 1.29 is 23.2 Å². The van der Waals surface area contributed by atoms with E-state index in [1.165, 1.54) is 0 Å². The summed E-state index contributed by atoms with van der Waals surface area (Å²) in [6.07, 6.45) is 0. The smallest absolute Gasteiger partial charge is 0.338 e. The highest BCUT2D eigenvalue weighted by Gasteiger charge is 2.44. The predicted octanol–water partition coefficient (Wildman–Crippen LogP) is 3.86. The molecule has 0 bridgehead atoms. The molecule has 1 fully saturated rings. The second kappa shape index (κ2) is 10.0. The quantitative estimate of drug-likeness (QED) is 0.328. The van der Waals surface area contributed by atoms with Crippen LogP contribution in [0.1, 0.15) is 43.6 Å². The van der Waals surface area contributed by atoms with Crippen LogP contribution in [0.5, 0.6) is 0 Å². The molecule has 1 saturated heterocycles. The van der Waals surface area contributed by atoms with Gasteiger partial charge in [-0.25, -0.2) is 4.79 Å². The molecule has 6 nitrogen and oxygen atoms in total. The number of carbonyl (C=O) groups excluding carboxylic acids is 1. The lowest BCUT2D eigenvalue weighted by Crippen LogP contribution is -2.62. The second-order valence-electron chi connectivity index (χ2n) is 9.94. The normalized spacial score (nSPS) is 18.4. The number of hydrogen-bond acceptors (Lipinski definition) is 6. The molecule has 2 unspecified atom stereocenters. The van der Waals surface area contributed by atoms with Crippen LogP contribution in [0.4, 0.5) is 0 Å². The zero-order valence-electron chi connectivity index (χ0n) is 19.4. The zero-order valence-corrected chi connectivity index (χ0v) is 21.2. The molecule has 170 valence electrons. The summed E-state index contributed by atoms with van der Waals surface area (Å²) < 4.78 is 29.5. The van der Waals surface area contributed by atoms with Crippen molar-refractivity contribution in [2.24, 2.45) is 0 Å². The van der Waals surface area contributed by atoms with Gasteiger partial charge < -0.3 is 14.2 Å². The molecule has 1 aromatic rings. The monoisotopic (exact) mass is 455 g/mol. The van der Waals surface area contributed by atoms with Gasteiger partial charge in [-0.05, 0) is 51.4 Å². The van der Waals surface area contributed by atoms with Crippen molar-refractivity contribution in [3.63, 3.8) is 0 Å². The van der Waals surface area contributed by atoms with Crippen molar-refractivity contribution in [2.75, 3.05) is 26.4 Å². The summed E-state index contributed by atoms with van der Waals surface area (Å²) in [5.41, 5.74) is 0.400. The van der Waals surface area contributed by atoms with Crippen LogP contribution in [0.3, 0.4) is 0 Å². The van der Waals surface area contributed by atoms with Crippen LogP contribution in [0.2, 0.25) is 25.7 Å². The fourth-order valence-corrected chi connectivity index (χ4v) is 4.88. The van der Waals surface area contributed by atoms with Gasteiger partial charge in [-0.3, -0.25) is 9.53 Å². The highest BCUT2D eigenvalue weighted by Crippen LogP contribution is 2.32. The van der Waals surface area contributed by atoms with E-state index in [0.717, 1.165) is 11.6 Å². The van der Waals surface area contributed by atoms with Gasteiger partial charge in [0.05, 0.1) is 41.7 Å². The lowest BCUT2D eigenvalue weighted by molar-refractivity contribution is -0.0984. The Balaban J connectivity index is 2.20. The first-order chi connectivity index (χ1) is 13.9. The molecule has 1 aliphatic rings. The Bertz CT molecular complexity index is 735. The van der Waals surface area contributed by atoms with Crippen molar-refractivity contribution in [3.8, 4) is 0 Å². The summed E-state index contributed by atoms with van der Waals surface area (Å²) >= 11 is 0. The third kappa shape index (κ3) is 6.72. The van der Waals surface area contributed by atoms with Crippen LogP contribution in [-0.4, -0.2) is 55.0 Å². The van der Waals surface area contributed by atoms with E-state index < -0.39 is 34.7 Å². The predicted molar refractivity (Wildman–Crippen MR) is 124 cm³/mol. The van der Waals surface area contributed by atoms with Gasteiger partial charge in [0.1, 0.15) is 0 Å². The summed E-state index contributed by atoms with van der Waals surface area (Å²) in [6, 6.07) is 8.33. The molecule has 0 saturated carbocycles. The number of esters is 1. The summed E-state index contributed by atoms with van der Waals surface area (Å²) in [6.45, 7) is 16.4. The van der Waals surface area contributed by atoms with E-state index in [-0.39, 0.29) is 5.97 Å². The van der Waals surface area contributed by atoms with E-state index in [1.807, 2.05) is 32.9 Å². The van der Waals surface area contributed by atoms with E-state index in [0.29, 0.717) is 32.0 Å². The van der Waals surface area contributed by atoms with Crippen molar-refractivity contribution in [3.05, 3.63) is 35.4 Å². The van der Waals surface area contributed by atoms with Crippen LogP contribution < -0.4 is 5.32 Å². The van der Waals surface area contributed by atoms with Crippen LogP contribution in [0.25, 0.3) is 0 Å². The first-order valence-electron chi connectivity index (χ1n) is 10.5. The molecule has 0 aliphatic carbocycles. The number of carbonyl (C=O) groups is 1. The van der Waals surface area contributed by atoms with Crippen molar-refractivity contribution in [1.29, 1.82) is 0 Å². The molecule has 1 heterocycles. The van der Waals surface area contributed by atoms with Gasteiger partial charge in [0, 0.05) is 19.4 Å². The van der Waals surface area contributed by atoms with Gasteiger partial charge in [0.2, 0.25) is 0 Å². The number of rotatable bonds is 10. The number of nitrogens with one attached hydrogen (secondary N) is 1. The second-order valence-corrected chi connectivity index (χ2v) is 17.8. The number of ether oxygens (including phenoxy) is 3. The van der Waals surface area contributed by atoms with Crippen LogP contribution in [0, 0.1) is 0 Å². The van der Waals surface area contributed by atoms with Gasteiger partial charge >= 0.3 is 5.97 Å². The Morgan fingerprint density at radius 2 is 1.83 bits per heavy atom. The summed E-state index contributed by atoms with van der Waals surface area (Å²) in [5.74, 6) is -0.336. The SMILES string of the molecule is CCOC(=O)c1ccc(C2(NC(OCC[Si](C)(C)C)S(=O)C(C)(C)C)COC2)cc1. The average molecular weight is 456 g/mol. The van der Waals surface area contributed by atoms with Crippen LogP contribution >= 0.6 is 0 Å². The van der Waals surface area contributed by atoms with E-state index >= 15 is 0 Å². The van der Waals surface area contributed by atoms with Gasteiger partial charge in [-0.1, -0.05) is 31.8 Å². The Kier molecular flexibility index (Phi) is 8.43. The highest BCUT2D eigenvalue weighted by atomic mass is 32.2. The lowest BCUT2D eigenvalue weighted by atomic mass is 9.87. The van der Waals surface area contributed by atoms with E-state index in [1.54, 1.807) is 19.1 Å². The van der Waals surface area contributed by atoms with Crippen molar-refractivity contribution in [1.82, 2.24) is 5.32 Å². The molecule has 1 N–H and O–H groups in total. The minimum atomic E-state index is -1.27. The maximum Gasteiger partial charge on any atom is 0.338 e. The minimum absolute atomic E-state index is 0.336. The molecule has 0 aromatic heterocycles. The van der Waals surface area contributed by atoms with Gasteiger partial charge in [-0.15, -0.1) is 0 Å². The fraction of sp³-hybridized carbons (Fsp3) is 0.682. The molecular formula is C22H37NO5SSi. The Morgan fingerprint density at radius 3 is 2.27 bits per heavy atom. The third-order valence-corrected chi connectivity index (χ3v) is 8.51. The Labute approximate surface area is 184 Å². The van der Waals surface area contributed by atoms with Crippen LogP contribution in [0.15, 0.2) is 24.3 Å². The molecule has 8 heteroatoms. The summed E-state index contributed by atoms with van der Waals surface area (Å²) in [7, 11) is -2.52. The standard InChI is InChI=1S/C22H37NO5SSi/c1-8-27-19(24)17-9-11-18(12-10-17)22(15-26-16-22)23-20(29(25)21(2,3)4)28-13-14-30(5,6)7/h9-12,20,23H,8,13-16H2,1-7H3. The molecule has 0 spiro atoms. The van der Waals surface area contributed by atoms with Crippen molar-refractivity contribution in [2.45, 2.75) is 69.2 Å². The van der Waals surface area contributed by atoms with Gasteiger partial charge in [0.25, 0.3) is 0 Å². The van der Waals surface area contributed by atoms with E-state index in [4.69, 9.17) is 14.2 Å². The minimum Gasteiger partial charge on any atom is -0.462 e. The number of hydrogen-bond donors (Lipinski definition) is 1. The molecule has 1 aliphatic heterocycles. The van der Waals surface area contributed by atoms with E-state index in [9.17, 15) is 9.00 Å². The molecular weight excluding hydrogens is 418 g/mol. The van der Waals surface area contributed by atoms with E-state index in [2.05, 4.69) is 25.0 Å². The Morgan fingerprint density at radius 1 is 1.23 bits per heavy atom. The maximum absolute atomic E-state index is 13.2. The maximum atomic E-state index is 13.2. The van der Waals surface area contributed by atoms with Crippen molar-refractivity contribution >= 4 is 24.8 Å². The first-order valence-corrected chi connectivity index (χ1v) is 15.5.